The van der Waals surface area contributed by atoms with E-state index in [1.54, 1.807) is 0 Å². The number of nitrogens with two attached hydrogens (primary N) is 2. The molecule has 0 aliphatic heterocycles. The van der Waals surface area contributed by atoms with Crippen LogP contribution >= 0.6 is 0 Å². The zero-order valence-electron chi connectivity index (χ0n) is 20.2. The summed E-state index contributed by atoms with van der Waals surface area (Å²) in [5.74, 6) is 0.573. The molecule has 0 heterocycles. The third kappa shape index (κ3) is 4.92. The highest BCUT2D eigenvalue weighted by atomic mass is 16.3. The molecule has 4 nitrogen and oxygen atoms in total. The van der Waals surface area contributed by atoms with Gasteiger partial charge in [0.2, 0.25) is 0 Å². The van der Waals surface area contributed by atoms with Crippen LogP contribution in [0, 0.1) is 0 Å². The minimum absolute atomic E-state index is 0.152. The first-order valence-electron chi connectivity index (χ1n) is 11.4. The molecule has 2 aromatic rings. The van der Waals surface area contributed by atoms with Crippen LogP contribution in [0.1, 0.15) is 76.6 Å². The number of hydrogen-bond donors (Lipinski definition) is 4. The van der Waals surface area contributed by atoms with Crippen LogP contribution in [0.3, 0.4) is 0 Å². The van der Waals surface area contributed by atoms with Crippen LogP contribution in [0.2, 0.25) is 0 Å². The van der Waals surface area contributed by atoms with E-state index in [0.717, 1.165) is 46.2 Å². The van der Waals surface area contributed by atoms with Gasteiger partial charge in [-0.25, -0.2) is 0 Å². The second-order valence-corrected chi connectivity index (χ2v) is 11.0. The van der Waals surface area contributed by atoms with Gasteiger partial charge in [-0.15, -0.1) is 0 Å². The number of para-hydroxylation sites is 2. The van der Waals surface area contributed by atoms with Crippen LogP contribution in [-0.2, 0) is 10.8 Å². The molecule has 1 fully saturated rings. The van der Waals surface area contributed by atoms with Gasteiger partial charge in [0.15, 0.2) is 0 Å². The number of benzene rings is 2. The van der Waals surface area contributed by atoms with Crippen molar-refractivity contribution in [1.29, 1.82) is 0 Å². The Kier molecular flexibility index (Phi) is 6.60. The topological polar surface area (TPSA) is 92.5 Å². The van der Waals surface area contributed by atoms with Gasteiger partial charge in [0.25, 0.3) is 0 Å². The normalized spacial score (nSPS) is 22.5. The van der Waals surface area contributed by atoms with Crippen molar-refractivity contribution in [2.45, 2.75) is 77.3 Å². The first kappa shape index (κ1) is 24.1. The molecule has 2 unspecified atom stereocenters. The molecule has 0 aromatic heterocycles. The van der Waals surface area contributed by atoms with Crippen molar-refractivity contribution in [2.75, 3.05) is 0 Å². The molecule has 0 saturated heterocycles. The predicted octanol–water partition coefficient (Wildman–Crippen LogP) is 5.61. The van der Waals surface area contributed by atoms with E-state index in [2.05, 4.69) is 41.5 Å². The SMILES string of the molecule is CC(C)(C)c1cccc(C=C2CCC(N)C(N)C2=Cc2cccc(C(C)(C)C)c2O)c1O. The highest BCUT2D eigenvalue weighted by Gasteiger charge is 2.28. The van der Waals surface area contributed by atoms with E-state index in [4.69, 9.17) is 11.5 Å². The monoisotopic (exact) mass is 434 g/mol. The van der Waals surface area contributed by atoms with Gasteiger partial charge in [-0.1, -0.05) is 77.9 Å². The van der Waals surface area contributed by atoms with E-state index in [1.165, 1.54) is 0 Å². The van der Waals surface area contributed by atoms with E-state index >= 15 is 0 Å². The van der Waals surface area contributed by atoms with Crippen LogP contribution in [0.25, 0.3) is 12.2 Å². The van der Waals surface area contributed by atoms with E-state index in [1.807, 2.05) is 48.6 Å². The Morgan fingerprint density at radius 2 is 1.25 bits per heavy atom. The predicted molar refractivity (Wildman–Crippen MR) is 135 cm³/mol. The molecule has 4 heteroatoms. The van der Waals surface area contributed by atoms with Crippen molar-refractivity contribution >= 4 is 12.2 Å². The summed E-state index contributed by atoms with van der Waals surface area (Å²) in [6, 6.07) is 11.2. The molecule has 1 aliphatic carbocycles. The van der Waals surface area contributed by atoms with Crippen LogP contribution in [-0.4, -0.2) is 22.3 Å². The number of phenolic OH excluding ortho intramolecular Hbond substituents is 2. The van der Waals surface area contributed by atoms with Crippen LogP contribution in [0.15, 0.2) is 47.5 Å². The molecule has 32 heavy (non-hydrogen) atoms. The van der Waals surface area contributed by atoms with E-state index < -0.39 is 0 Å². The minimum Gasteiger partial charge on any atom is -0.507 e. The standard InChI is InChI=1S/C28H38N2O2/c1-27(2,3)21-11-7-9-18(25(21)31)15-17-13-14-23(29)24(30)20(17)16-19-10-8-12-22(26(19)32)28(4,5)6/h7-12,15-16,23-24,31-32H,13-14,29-30H2,1-6H3. The molecule has 0 spiro atoms. The van der Waals surface area contributed by atoms with Gasteiger partial charge in [0.1, 0.15) is 11.5 Å². The highest BCUT2D eigenvalue weighted by molar-refractivity contribution is 5.73. The minimum atomic E-state index is -0.347. The Balaban J connectivity index is 2.14. The molecule has 0 amide bonds. The third-order valence-electron chi connectivity index (χ3n) is 6.33. The Labute approximate surface area is 192 Å². The van der Waals surface area contributed by atoms with Crippen LogP contribution < -0.4 is 11.5 Å². The molecule has 0 bridgehead atoms. The fourth-order valence-corrected chi connectivity index (χ4v) is 4.36. The Hall–Kier alpha value is -2.56. The van der Waals surface area contributed by atoms with Gasteiger partial charge in [0, 0.05) is 23.2 Å². The van der Waals surface area contributed by atoms with E-state index in [9.17, 15) is 10.2 Å². The summed E-state index contributed by atoms with van der Waals surface area (Å²) in [5.41, 5.74) is 17.8. The molecule has 3 rings (SSSR count). The number of aromatic hydroxyl groups is 2. The average Bonchev–Trinajstić information content (AvgIpc) is 2.68. The molecule has 172 valence electrons. The first-order chi connectivity index (χ1) is 14.8. The third-order valence-corrected chi connectivity index (χ3v) is 6.33. The smallest absolute Gasteiger partial charge is 0.126 e. The Bertz CT molecular complexity index is 1050. The van der Waals surface area contributed by atoms with Crippen molar-refractivity contribution < 1.29 is 10.2 Å². The lowest BCUT2D eigenvalue weighted by Gasteiger charge is -2.31. The van der Waals surface area contributed by atoms with Crippen molar-refractivity contribution in [1.82, 2.24) is 0 Å². The highest BCUT2D eigenvalue weighted by Crippen LogP contribution is 2.39. The molecule has 1 saturated carbocycles. The molecule has 2 atom stereocenters. The quantitative estimate of drug-likeness (QED) is 0.494. The van der Waals surface area contributed by atoms with Gasteiger partial charge in [0.05, 0.1) is 0 Å². The average molecular weight is 435 g/mol. The van der Waals surface area contributed by atoms with Crippen molar-refractivity contribution in [3.63, 3.8) is 0 Å². The van der Waals surface area contributed by atoms with Crippen molar-refractivity contribution in [3.05, 3.63) is 69.8 Å². The van der Waals surface area contributed by atoms with Gasteiger partial charge >= 0.3 is 0 Å². The zero-order chi connectivity index (χ0) is 23.8. The summed E-state index contributed by atoms with van der Waals surface area (Å²) in [5, 5.41) is 21.9. The lowest BCUT2D eigenvalue weighted by Crippen LogP contribution is -2.45. The van der Waals surface area contributed by atoms with Gasteiger partial charge < -0.3 is 21.7 Å². The fraction of sp³-hybridized carbons (Fsp3) is 0.429. The lowest BCUT2D eigenvalue weighted by molar-refractivity contribution is 0.444. The zero-order valence-corrected chi connectivity index (χ0v) is 20.2. The summed E-state index contributed by atoms with van der Waals surface area (Å²) < 4.78 is 0. The Morgan fingerprint density at radius 1 is 0.781 bits per heavy atom. The summed E-state index contributed by atoms with van der Waals surface area (Å²) in [6.07, 6.45) is 5.52. The largest absolute Gasteiger partial charge is 0.507 e. The molecule has 1 aliphatic rings. The molecular formula is C28H38N2O2. The maximum Gasteiger partial charge on any atom is 0.126 e. The second kappa shape index (κ2) is 8.76. The number of hydrogen-bond acceptors (Lipinski definition) is 4. The van der Waals surface area contributed by atoms with Gasteiger partial charge in [-0.05, 0) is 58.1 Å². The molecule has 0 radical (unpaired) electrons. The van der Waals surface area contributed by atoms with Gasteiger partial charge in [-0.3, -0.25) is 0 Å². The van der Waals surface area contributed by atoms with Crippen LogP contribution in [0.4, 0.5) is 0 Å². The fourth-order valence-electron chi connectivity index (χ4n) is 4.36. The maximum absolute atomic E-state index is 11.0. The summed E-state index contributed by atoms with van der Waals surface area (Å²) in [7, 11) is 0. The second-order valence-electron chi connectivity index (χ2n) is 11.0. The molecule has 2 aromatic carbocycles. The maximum atomic E-state index is 11.0. The number of phenols is 2. The van der Waals surface area contributed by atoms with Crippen LogP contribution in [0.5, 0.6) is 11.5 Å². The summed E-state index contributed by atoms with van der Waals surface area (Å²) >= 11 is 0. The van der Waals surface area contributed by atoms with E-state index in [0.29, 0.717) is 5.75 Å². The van der Waals surface area contributed by atoms with Crippen molar-refractivity contribution in [3.8, 4) is 11.5 Å². The lowest BCUT2D eigenvalue weighted by atomic mass is 9.79. The Morgan fingerprint density at radius 3 is 1.72 bits per heavy atom. The van der Waals surface area contributed by atoms with E-state index in [-0.39, 0.29) is 28.7 Å². The summed E-state index contributed by atoms with van der Waals surface area (Å²) in [4.78, 5) is 0. The van der Waals surface area contributed by atoms with Gasteiger partial charge in [-0.2, -0.15) is 0 Å². The number of rotatable bonds is 2. The first-order valence-corrected chi connectivity index (χ1v) is 11.4. The molecule has 6 N–H and O–H groups in total. The summed E-state index contributed by atoms with van der Waals surface area (Å²) in [6.45, 7) is 12.5. The molecular weight excluding hydrogens is 396 g/mol. The van der Waals surface area contributed by atoms with Crippen molar-refractivity contribution in [2.24, 2.45) is 11.5 Å².